The van der Waals surface area contributed by atoms with Gasteiger partial charge in [0.15, 0.2) is 14.6 Å². The number of amides is 1. The summed E-state index contributed by atoms with van der Waals surface area (Å²) in [6.45, 7) is 1.20. The average Bonchev–Trinajstić information content (AvgIpc) is 2.73. The maximum atomic E-state index is 12.6. The SMILES string of the molecule is CC(CCn1ccc(-c2ccc(C#CC3CC(O)C3)cc2)cc1=O)(C(=O)NO)S(C)(=O)=O. The minimum atomic E-state index is -3.84. The van der Waals surface area contributed by atoms with Gasteiger partial charge in [-0.25, -0.2) is 13.9 Å². The van der Waals surface area contributed by atoms with Crippen molar-refractivity contribution >= 4 is 15.7 Å². The quantitative estimate of drug-likeness (QED) is 0.341. The summed E-state index contributed by atoms with van der Waals surface area (Å²) in [7, 11) is -3.84. The number of carbonyl (C=O) groups excluding carboxylic acids is 1. The molecule has 32 heavy (non-hydrogen) atoms. The van der Waals surface area contributed by atoms with Crippen LogP contribution in [0.5, 0.6) is 0 Å². The standard InChI is InChI=1S/C23H26N2O6S/c1-23(22(28)24-29,32(2,30)31)10-12-25-11-9-19(15-21(25)27)18-7-5-16(6-8-18)3-4-17-13-20(26)14-17/h5-9,11,15,17,20,26,29H,10,12-14H2,1-2H3,(H,24,28). The van der Waals surface area contributed by atoms with Crippen molar-refractivity contribution in [1.29, 1.82) is 0 Å². The van der Waals surface area contributed by atoms with E-state index in [0.717, 1.165) is 30.2 Å². The van der Waals surface area contributed by atoms with Crippen LogP contribution in [-0.4, -0.2) is 46.3 Å². The number of sulfone groups is 1. The number of hydrogen-bond donors (Lipinski definition) is 3. The van der Waals surface area contributed by atoms with Crippen molar-refractivity contribution in [2.45, 2.75) is 43.6 Å². The first-order chi connectivity index (χ1) is 15.0. The van der Waals surface area contributed by atoms with E-state index in [1.165, 1.54) is 23.0 Å². The first-order valence-electron chi connectivity index (χ1n) is 10.2. The number of aliphatic hydroxyl groups excluding tert-OH is 1. The lowest BCUT2D eigenvalue weighted by Gasteiger charge is -2.26. The number of aliphatic hydroxyl groups is 1. The van der Waals surface area contributed by atoms with Gasteiger partial charge in [-0.1, -0.05) is 24.0 Å². The van der Waals surface area contributed by atoms with Gasteiger partial charge in [-0.3, -0.25) is 14.8 Å². The lowest BCUT2D eigenvalue weighted by atomic mass is 9.83. The van der Waals surface area contributed by atoms with Gasteiger partial charge in [0.2, 0.25) is 0 Å². The number of aryl methyl sites for hydroxylation is 1. The van der Waals surface area contributed by atoms with E-state index in [0.29, 0.717) is 5.56 Å². The normalized spacial score (nSPS) is 19.8. The molecule has 1 unspecified atom stereocenters. The number of carbonyl (C=O) groups is 1. The molecule has 1 fully saturated rings. The molecule has 1 aliphatic rings. The fourth-order valence-corrected chi connectivity index (χ4v) is 4.27. The highest BCUT2D eigenvalue weighted by molar-refractivity contribution is 7.92. The van der Waals surface area contributed by atoms with Gasteiger partial charge in [-0.15, -0.1) is 0 Å². The molecule has 9 heteroatoms. The van der Waals surface area contributed by atoms with Crippen LogP contribution in [0.4, 0.5) is 0 Å². The number of nitrogens with one attached hydrogen (secondary N) is 1. The van der Waals surface area contributed by atoms with E-state index in [9.17, 15) is 23.1 Å². The van der Waals surface area contributed by atoms with Crippen LogP contribution in [0.2, 0.25) is 0 Å². The fraction of sp³-hybridized carbons (Fsp3) is 0.391. The number of nitrogens with zero attached hydrogens (tertiary/aromatic N) is 1. The third-order valence-electron chi connectivity index (χ3n) is 5.98. The molecule has 8 nitrogen and oxygen atoms in total. The van der Waals surface area contributed by atoms with Gasteiger partial charge >= 0.3 is 0 Å². The zero-order valence-corrected chi connectivity index (χ0v) is 18.7. The number of benzene rings is 1. The Morgan fingerprint density at radius 2 is 1.88 bits per heavy atom. The molecule has 170 valence electrons. The van der Waals surface area contributed by atoms with Gasteiger partial charge in [0, 0.05) is 36.5 Å². The van der Waals surface area contributed by atoms with Gasteiger partial charge in [0.25, 0.3) is 11.5 Å². The Kier molecular flexibility index (Phi) is 6.88. The van der Waals surface area contributed by atoms with Crippen LogP contribution in [0.3, 0.4) is 0 Å². The minimum Gasteiger partial charge on any atom is -0.393 e. The van der Waals surface area contributed by atoms with Crippen molar-refractivity contribution in [1.82, 2.24) is 10.0 Å². The van der Waals surface area contributed by atoms with Crippen molar-refractivity contribution in [3.63, 3.8) is 0 Å². The second-order valence-corrected chi connectivity index (χ2v) is 10.8. The molecule has 3 rings (SSSR count). The number of pyridine rings is 1. The fourth-order valence-electron chi connectivity index (χ4n) is 3.43. The second kappa shape index (κ2) is 9.28. The topological polar surface area (TPSA) is 126 Å². The van der Waals surface area contributed by atoms with E-state index in [2.05, 4.69) is 11.8 Å². The van der Waals surface area contributed by atoms with Crippen LogP contribution >= 0.6 is 0 Å². The summed E-state index contributed by atoms with van der Waals surface area (Å²) in [5.74, 6) is 5.44. The first kappa shape index (κ1) is 23.7. The van der Waals surface area contributed by atoms with Crippen LogP contribution in [0.25, 0.3) is 11.1 Å². The van der Waals surface area contributed by atoms with Crippen molar-refractivity contribution in [3.8, 4) is 23.0 Å². The first-order valence-corrected chi connectivity index (χ1v) is 12.1. The maximum Gasteiger partial charge on any atom is 0.264 e. The third-order valence-corrected chi connectivity index (χ3v) is 8.00. The van der Waals surface area contributed by atoms with Crippen LogP contribution < -0.4 is 11.0 Å². The van der Waals surface area contributed by atoms with E-state index >= 15 is 0 Å². The van der Waals surface area contributed by atoms with Gasteiger partial charge in [-0.2, -0.15) is 0 Å². The Bertz CT molecular complexity index is 1220. The van der Waals surface area contributed by atoms with Gasteiger partial charge < -0.3 is 9.67 Å². The molecule has 2 aromatic rings. The van der Waals surface area contributed by atoms with E-state index in [1.807, 2.05) is 24.3 Å². The van der Waals surface area contributed by atoms with E-state index in [1.54, 1.807) is 12.3 Å². The Labute approximate surface area is 186 Å². The Hall–Kier alpha value is -2.93. The Morgan fingerprint density at radius 1 is 1.22 bits per heavy atom. The molecule has 1 amide bonds. The molecule has 1 aliphatic carbocycles. The predicted molar refractivity (Wildman–Crippen MR) is 120 cm³/mol. The summed E-state index contributed by atoms with van der Waals surface area (Å²) in [6.07, 6.45) is 3.49. The summed E-state index contributed by atoms with van der Waals surface area (Å²) >= 11 is 0. The average molecular weight is 459 g/mol. The van der Waals surface area contributed by atoms with Crippen LogP contribution in [0.15, 0.2) is 47.4 Å². The van der Waals surface area contributed by atoms with Crippen molar-refractivity contribution in [3.05, 3.63) is 58.5 Å². The van der Waals surface area contributed by atoms with Crippen molar-refractivity contribution in [2.24, 2.45) is 5.92 Å². The van der Waals surface area contributed by atoms with Crippen molar-refractivity contribution < 1.29 is 23.5 Å². The van der Waals surface area contributed by atoms with E-state index < -0.39 is 20.5 Å². The van der Waals surface area contributed by atoms with E-state index in [-0.39, 0.29) is 30.5 Å². The number of hydrogen-bond acceptors (Lipinski definition) is 6. The van der Waals surface area contributed by atoms with Gasteiger partial charge in [-0.05, 0) is 55.5 Å². The third kappa shape index (κ3) is 5.10. The molecule has 1 heterocycles. The van der Waals surface area contributed by atoms with E-state index in [4.69, 9.17) is 5.21 Å². The minimum absolute atomic E-state index is 0.0134. The van der Waals surface area contributed by atoms with Gasteiger partial charge in [0.05, 0.1) is 6.10 Å². The molecular weight excluding hydrogens is 432 g/mol. The Balaban J connectivity index is 1.72. The summed E-state index contributed by atoms with van der Waals surface area (Å²) in [5, 5.41) is 18.2. The molecule has 0 saturated heterocycles. The molecule has 1 saturated carbocycles. The summed E-state index contributed by atoms with van der Waals surface area (Å²) < 4.78 is 23.6. The molecular formula is C23H26N2O6S. The maximum absolute atomic E-state index is 12.6. The largest absolute Gasteiger partial charge is 0.393 e. The lowest BCUT2D eigenvalue weighted by Crippen LogP contribution is -2.49. The van der Waals surface area contributed by atoms with Crippen molar-refractivity contribution in [2.75, 3.05) is 6.26 Å². The molecule has 0 radical (unpaired) electrons. The highest BCUT2D eigenvalue weighted by atomic mass is 32.2. The zero-order valence-electron chi connectivity index (χ0n) is 17.9. The second-order valence-electron chi connectivity index (χ2n) is 8.31. The smallest absolute Gasteiger partial charge is 0.264 e. The number of rotatable bonds is 6. The lowest BCUT2D eigenvalue weighted by molar-refractivity contribution is -0.131. The Morgan fingerprint density at radius 3 is 2.41 bits per heavy atom. The van der Waals surface area contributed by atoms with Crippen LogP contribution in [0.1, 0.15) is 31.7 Å². The molecule has 0 aliphatic heterocycles. The highest BCUT2D eigenvalue weighted by Gasteiger charge is 2.43. The predicted octanol–water partition coefficient (Wildman–Crippen LogP) is 1.34. The van der Waals surface area contributed by atoms with Crippen LogP contribution in [-0.2, 0) is 21.2 Å². The molecule has 1 atom stereocenters. The van der Waals surface area contributed by atoms with Crippen LogP contribution in [0, 0.1) is 17.8 Å². The summed E-state index contributed by atoms with van der Waals surface area (Å²) in [4.78, 5) is 24.5. The molecule has 1 aromatic carbocycles. The monoisotopic (exact) mass is 458 g/mol. The summed E-state index contributed by atoms with van der Waals surface area (Å²) in [6, 6.07) is 10.7. The summed E-state index contributed by atoms with van der Waals surface area (Å²) in [5.41, 5.74) is 3.44. The number of hydroxylamine groups is 1. The number of aromatic nitrogens is 1. The zero-order chi connectivity index (χ0) is 23.5. The molecule has 3 N–H and O–H groups in total. The highest BCUT2D eigenvalue weighted by Crippen LogP contribution is 2.26. The molecule has 0 bridgehead atoms. The van der Waals surface area contributed by atoms with Gasteiger partial charge in [0.1, 0.15) is 0 Å². The molecule has 1 aromatic heterocycles. The molecule has 0 spiro atoms.